The number of nitrogens with zero attached hydrogens (tertiary/aromatic N) is 2. The number of halogens is 1. The van der Waals surface area contributed by atoms with Gasteiger partial charge < -0.3 is 5.73 Å². The quantitative estimate of drug-likeness (QED) is 0.849. The summed E-state index contributed by atoms with van der Waals surface area (Å²) in [5.41, 5.74) is 7.99. The fourth-order valence-electron chi connectivity index (χ4n) is 1.75. The third kappa shape index (κ3) is 1.92. The molecule has 0 amide bonds. The number of aromatic nitrogens is 2. The predicted octanol–water partition coefficient (Wildman–Crippen LogP) is 2.29. The van der Waals surface area contributed by atoms with Crippen LogP contribution in [0.1, 0.15) is 18.4 Å². The van der Waals surface area contributed by atoms with Crippen LogP contribution in [0.3, 0.4) is 0 Å². The van der Waals surface area contributed by atoms with Crippen molar-refractivity contribution in [1.82, 2.24) is 9.38 Å². The zero-order valence-corrected chi connectivity index (χ0v) is 10.5. The maximum Gasteiger partial charge on any atom is 0.115 e. The van der Waals surface area contributed by atoms with Gasteiger partial charge in [0.2, 0.25) is 0 Å². The van der Waals surface area contributed by atoms with Crippen LogP contribution in [0.4, 0.5) is 0 Å². The van der Waals surface area contributed by atoms with Crippen LogP contribution in [0.2, 0.25) is 0 Å². The Morgan fingerprint density at radius 2 is 2.27 bits per heavy atom. The van der Waals surface area contributed by atoms with E-state index in [9.17, 15) is 0 Å². The largest absolute Gasteiger partial charge is 0.328 e. The Morgan fingerprint density at radius 3 is 2.93 bits per heavy atom. The molecule has 0 aliphatic carbocycles. The van der Waals surface area contributed by atoms with Crippen molar-refractivity contribution in [3.8, 4) is 0 Å². The van der Waals surface area contributed by atoms with E-state index >= 15 is 0 Å². The molecule has 80 valence electrons. The number of hydrogen-bond acceptors (Lipinski definition) is 2. The lowest BCUT2D eigenvalue weighted by Crippen LogP contribution is -2.19. The first kappa shape index (κ1) is 10.6. The summed E-state index contributed by atoms with van der Waals surface area (Å²) in [6.45, 7) is 4.01. The topological polar surface area (TPSA) is 43.3 Å². The van der Waals surface area contributed by atoms with Crippen molar-refractivity contribution in [1.29, 1.82) is 0 Å². The number of fused-ring (bicyclic) bond motifs is 1. The second-order valence-electron chi connectivity index (χ2n) is 3.86. The van der Waals surface area contributed by atoms with Gasteiger partial charge in [0.1, 0.15) is 5.82 Å². The first-order valence-electron chi connectivity index (χ1n) is 4.97. The molecule has 0 radical (unpaired) electrons. The van der Waals surface area contributed by atoms with E-state index in [1.165, 1.54) is 0 Å². The molecular formula is C11H14BrN3. The van der Waals surface area contributed by atoms with E-state index in [2.05, 4.69) is 31.4 Å². The van der Waals surface area contributed by atoms with Crippen molar-refractivity contribution in [2.24, 2.45) is 5.73 Å². The molecule has 0 saturated carbocycles. The highest BCUT2D eigenvalue weighted by Gasteiger charge is 2.10. The summed E-state index contributed by atoms with van der Waals surface area (Å²) >= 11 is 3.53. The summed E-state index contributed by atoms with van der Waals surface area (Å²) < 4.78 is 3.13. The number of imidazole rings is 1. The van der Waals surface area contributed by atoms with Crippen molar-refractivity contribution < 1.29 is 0 Å². The number of rotatable bonds is 2. The molecule has 0 spiro atoms. The van der Waals surface area contributed by atoms with Gasteiger partial charge in [0.05, 0.1) is 15.8 Å². The molecule has 2 aromatic heterocycles. The van der Waals surface area contributed by atoms with Crippen LogP contribution in [0, 0.1) is 6.92 Å². The third-order valence-corrected chi connectivity index (χ3v) is 2.99. The van der Waals surface area contributed by atoms with Crippen molar-refractivity contribution in [2.75, 3.05) is 0 Å². The molecule has 1 unspecified atom stereocenters. The maximum absolute atomic E-state index is 5.81. The molecule has 2 heterocycles. The summed E-state index contributed by atoms with van der Waals surface area (Å²) in [5, 5.41) is 0. The summed E-state index contributed by atoms with van der Waals surface area (Å²) in [6.07, 6.45) is 0.789. The smallest absolute Gasteiger partial charge is 0.115 e. The molecule has 2 rings (SSSR count). The van der Waals surface area contributed by atoms with Crippen molar-refractivity contribution in [2.45, 2.75) is 26.3 Å². The predicted molar refractivity (Wildman–Crippen MR) is 65.0 cm³/mol. The van der Waals surface area contributed by atoms with Gasteiger partial charge in [-0.3, -0.25) is 4.40 Å². The molecule has 2 N–H and O–H groups in total. The summed E-state index contributed by atoms with van der Waals surface area (Å²) in [7, 11) is 0. The highest BCUT2D eigenvalue weighted by molar-refractivity contribution is 9.10. The van der Waals surface area contributed by atoms with Gasteiger partial charge in [-0.2, -0.15) is 0 Å². The van der Waals surface area contributed by atoms with Gasteiger partial charge in [-0.25, -0.2) is 4.98 Å². The minimum absolute atomic E-state index is 0.127. The Bertz CT molecular complexity index is 488. The molecule has 2 aromatic rings. The van der Waals surface area contributed by atoms with Gasteiger partial charge in [-0.05, 0) is 41.9 Å². The fourth-order valence-corrected chi connectivity index (χ4v) is 2.30. The zero-order chi connectivity index (χ0) is 11.0. The molecule has 0 aliphatic rings. The van der Waals surface area contributed by atoms with E-state index in [1.54, 1.807) is 0 Å². The van der Waals surface area contributed by atoms with E-state index in [4.69, 9.17) is 5.73 Å². The summed E-state index contributed by atoms with van der Waals surface area (Å²) in [6, 6.07) is 6.22. The number of aryl methyl sites for hydroxylation is 1. The first-order valence-corrected chi connectivity index (χ1v) is 5.77. The fraction of sp³-hybridized carbons (Fsp3) is 0.364. The maximum atomic E-state index is 5.81. The van der Waals surface area contributed by atoms with Crippen LogP contribution < -0.4 is 5.73 Å². The average molecular weight is 268 g/mol. The van der Waals surface area contributed by atoms with Crippen LogP contribution in [0.25, 0.3) is 5.52 Å². The van der Waals surface area contributed by atoms with Crippen LogP contribution in [0.15, 0.2) is 22.8 Å². The van der Waals surface area contributed by atoms with Gasteiger partial charge in [0.25, 0.3) is 0 Å². The second kappa shape index (κ2) is 3.94. The van der Waals surface area contributed by atoms with Gasteiger partial charge in [-0.1, -0.05) is 6.07 Å². The lowest BCUT2D eigenvalue weighted by Gasteiger charge is -2.05. The molecule has 1 atom stereocenters. The first-order chi connectivity index (χ1) is 7.09. The number of hydrogen-bond donors (Lipinski definition) is 1. The van der Waals surface area contributed by atoms with E-state index in [-0.39, 0.29) is 6.04 Å². The van der Waals surface area contributed by atoms with Crippen LogP contribution >= 0.6 is 15.9 Å². The van der Waals surface area contributed by atoms with Crippen LogP contribution in [-0.4, -0.2) is 15.4 Å². The molecule has 0 aromatic carbocycles. The molecule has 0 saturated heterocycles. The molecule has 3 nitrogen and oxygen atoms in total. The van der Waals surface area contributed by atoms with Gasteiger partial charge >= 0.3 is 0 Å². The van der Waals surface area contributed by atoms with E-state index in [1.807, 2.05) is 26.0 Å². The highest BCUT2D eigenvalue weighted by atomic mass is 79.9. The van der Waals surface area contributed by atoms with Crippen molar-refractivity contribution in [3.63, 3.8) is 0 Å². The normalized spacial score (nSPS) is 13.3. The van der Waals surface area contributed by atoms with Crippen molar-refractivity contribution >= 4 is 21.4 Å². The third-order valence-electron chi connectivity index (χ3n) is 2.37. The molecule has 0 fully saturated rings. The van der Waals surface area contributed by atoms with Gasteiger partial charge in [0, 0.05) is 12.5 Å². The van der Waals surface area contributed by atoms with Gasteiger partial charge in [-0.15, -0.1) is 0 Å². The molecule has 0 aliphatic heterocycles. The van der Waals surface area contributed by atoms with Gasteiger partial charge in [0.15, 0.2) is 0 Å². The summed E-state index contributed by atoms with van der Waals surface area (Å²) in [4.78, 5) is 4.54. The number of pyridine rings is 1. The molecule has 4 heteroatoms. The lowest BCUT2D eigenvalue weighted by atomic mass is 10.2. The Morgan fingerprint density at radius 1 is 1.53 bits per heavy atom. The highest BCUT2D eigenvalue weighted by Crippen LogP contribution is 2.19. The number of nitrogens with two attached hydrogens (primary N) is 1. The minimum Gasteiger partial charge on any atom is -0.328 e. The Kier molecular flexibility index (Phi) is 2.80. The monoisotopic (exact) mass is 267 g/mol. The average Bonchev–Trinajstić information content (AvgIpc) is 2.44. The lowest BCUT2D eigenvalue weighted by molar-refractivity contribution is 0.697. The van der Waals surface area contributed by atoms with E-state index < -0.39 is 0 Å². The Hall–Kier alpha value is -0.870. The SMILES string of the molecule is Cc1nc(CC(C)N)n2c(Br)cccc12. The molecule has 15 heavy (non-hydrogen) atoms. The summed E-state index contributed by atoms with van der Waals surface area (Å²) in [5.74, 6) is 1.02. The molecular weight excluding hydrogens is 254 g/mol. The van der Waals surface area contributed by atoms with Crippen molar-refractivity contribution in [3.05, 3.63) is 34.3 Å². The van der Waals surface area contributed by atoms with Crippen LogP contribution in [-0.2, 0) is 6.42 Å². The zero-order valence-electron chi connectivity index (χ0n) is 8.87. The van der Waals surface area contributed by atoms with E-state index in [0.717, 1.165) is 28.1 Å². The second-order valence-corrected chi connectivity index (χ2v) is 4.68. The van der Waals surface area contributed by atoms with Crippen LogP contribution in [0.5, 0.6) is 0 Å². The standard InChI is InChI=1S/C11H14BrN3/c1-7(13)6-11-14-8(2)9-4-3-5-10(12)15(9)11/h3-5,7H,6,13H2,1-2H3. The van der Waals surface area contributed by atoms with E-state index in [0.29, 0.717) is 0 Å². The molecule has 0 bridgehead atoms. The Labute approximate surface area is 97.4 Å². The minimum atomic E-state index is 0.127. The Balaban J connectivity index is 2.65.